The lowest BCUT2D eigenvalue weighted by Crippen LogP contribution is -2.42. The summed E-state index contributed by atoms with van der Waals surface area (Å²) in [6.45, 7) is 1.81. The minimum atomic E-state index is -0.462. The van der Waals surface area contributed by atoms with Crippen LogP contribution in [0.25, 0.3) is 10.2 Å². The molecule has 1 aliphatic rings. The number of rotatable bonds is 5. The number of aromatic nitrogens is 1. The van der Waals surface area contributed by atoms with Crippen molar-refractivity contribution in [3.8, 4) is 0 Å². The van der Waals surface area contributed by atoms with Gasteiger partial charge < -0.3 is 0 Å². The summed E-state index contributed by atoms with van der Waals surface area (Å²) >= 11 is 7.56. The van der Waals surface area contributed by atoms with Crippen LogP contribution in [0.1, 0.15) is 31.8 Å². The van der Waals surface area contributed by atoms with E-state index in [1.165, 1.54) is 16.2 Å². The predicted octanol–water partition coefficient (Wildman–Crippen LogP) is 5.09. The lowest BCUT2D eigenvalue weighted by molar-refractivity contribution is -0.119. The average molecular weight is 476 g/mol. The van der Waals surface area contributed by atoms with Crippen molar-refractivity contribution in [2.75, 3.05) is 11.4 Å². The lowest BCUT2D eigenvalue weighted by atomic mass is 10.1. The van der Waals surface area contributed by atoms with Crippen LogP contribution in [0.15, 0.2) is 66.7 Å². The Kier molecular flexibility index (Phi) is 5.44. The summed E-state index contributed by atoms with van der Waals surface area (Å²) < 4.78 is 0.863. The Morgan fingerprint density at radius 2 is 1.64 bits per heavy atom. The lowest BCUT2D eigenvalue weighted by Gasteiger charge is -2.22. The second kappa shape index (κ2) is 8.42. The SMILES string of the molecule is Cc1cc(Cl)cc2sc(N(Cc3ccccc3)C(=O)CN3C(=O)c4ccccc4C3=O)nc12. The third kappa shape index (κ3) is 3.90. The monoisotopic (exact) mass is 475 g/mol. The second-order valence-corrected chi connectivity index (χ2v) is 9.22. The molecule has 5 rings (SSSR count). The fraction of sp³-hybridized carbons (Fsp3) is 0.120. The molecule has 0 bridgehead atoms. The van der Waals surface area contributed by atoms with E-state index in [0.717, 1.165) is 26.2 Å². The van der Waals surface area contributed by atoms with E-state index in [2.05, 4.69) is 0 Å². The van der Waals surface area contributed by atoms with Crippen LogP contribution in [-0.2, 0) is 11.3 Å². The summed E-state index contributed by atoms with van der Waals surface area (Å²) in [5.74, 6) is -1.32. The van der Waals surface area contributed by atoms with Gasteiger partial charge in [-0.3, -0.25) is 24.2 Å². The van der Waals surface area contributed by atoms with Gasteiger partial charge in [-0.05, 0) is 42.3 Å². The highest BCUT2D eigenvalue weighted by Crippen LogP contribution is 2.34. The third-order valence-electron chi connectivity index (χ3n) is 5.53. The zero-order valence-corrected chi connectivity index (χ0v) is 19.2. The van der Waals surface area contributed by atoms with Gasteiger partial charge in [-0.2, -0.15) is 0 Å². The largest absolute Gasteiger partial charge is 0.282 e. The maximum absolute atomic E-state index is 13.5. The molecule has 8 heteroatoms. The number of amides is 3. The van der Waals surface area contributed by atoms with E-state index in [0.29, 0.717) is 21.3 Å². The van der Waals surface area contributed by atoms with E-state index in [4.69, 9.17) is 16.6 Å². The molecule has 0 atom stereocenters. The number of thiazole rings is 1. The van der Waals surface area contributed by atoms with Crippen molar-refractivity contribution in [3.05, 3.63) is 94.0 Å². The zero-order chi connectivity index (χ0) is 23.1. The molecule has 1 aliphatic heterocycles. The molecule has 0 aliphatic carbocycles. The van der Waals surface area contributed by atoms with Crippen molar-refractivity contribution in [2.45, 2.75) is 13.5 Å². The van der Waals surface area contributed by atoms with Crippen LogP contribution in [-0.4, -0.2) is 34.2 Å². The molecule has 0 fully saturated rings. The fourth-order valence-electron chi connectivity index (χ4n) is 3.89. The van der Waals surface area contributed by atoms with Crippen LogP contribution in [0.2, 0.25) is 5.02 Å². The summed E-state index contributed by atoms with van der Waals surface area (Å²) in [5, 5.41) is 1.09. The van der Waals surface area contributed by atoms with Crippen LogP contribution in [0.3, 0.4) is 0 Å². The van der Waals surface area contributed by atoms with E-state index >= 15 is 0 Å². The number of imide groups is 1. The van der Waals surface area contributed by atoms with Crippen LogP contribution < -0.4 is 4.90 Å². The number of anilines is 1. The van der Waals surface area contributed by atoms with Gasteiger partial charge in [-0.1, -0.05) is 65.4 Å². The molecule has 0 spiro atoms. The summed E-state index contributed by atoms with van der Waals surface area (Å²) in [6.07, 6.45) is 0. The smallest absolute Gasteiger partial charge is 0.262 e. The first kappa shape index (κ1) is 21.3. The molecule has 0 unspecified atom stereocenters. The summed E-state index contributed by atoms with van der Waals surface area (Å²) in [7, 11) is 0. The molecule has 4 aromatic rings. The summed E-state index contributed by atoms with van der Waals surface area (Å²) in [4.78, 5) is 46.3. The van der Waals surface area contributed by atoms with Crippen LogP contribution >= 0.6 is 22.9 Å². The van der Waals surface area contributed by atoms with E-state index in [-0.39, 0.29) is 13.1 Å². The van der Waals surface area contributed by atoms with Crippen molar-refractivity contribution in [1.82, 2.24) is 9.88 Å². The highest BCUT2D eigenvalue weighted by atomic mass is 35.5. The number of hydrogen-bond acceptors (Lipinski definition) is 5. The van der Waals surface area contributed by atoms with Crippen LogP contribution in [0.5, 0.6) is 0 Å². The maximum Gasteiger partial charge on any atom is 0.262 e. The number of nitrogens with zero attached hydrogens (tertiary/aromatic N) is 3. The van der Waals surface area contributed by atoms with Gasteiger partial charge in [0.05, 0.1) is 27.9 Å². The van der Waals surface area contributed by atoms with Gasteiger partial charge in [0.2, 0.25) is 5.91 Å². The number of carbonyl (C=O) groups excluding carboxylic acids is 3. The first-order valence-corrected chi connectivity index (χ1v) is 11.5. The highest BCUT2D eigenvalue weighted by Gasteiger charge is 2.37. The molecule has 164 valence electrons. The Labute approximate surface area is 199 Å². The molecule has 0 saturated heterocycles. The molecule has 0 saturated carbocycles. The Morgan fingerprint density at radius 1 is 1.00 bits per heavy atom. The van der Waals surface area contributed by atoms with Crippen molar-refractivity contribution >= 4 is 56.0 Å². The van der Waals surface area contributed by atoms with Gasteiger partial charge >= 0.3 is 0 Å². The van der Waals surface area contributed by atoms with Crippen molar-refractivity contribution in [3.63, 3.8) is 0 Å². The number of aryl methyl sites for hydroxylation is 1. The number of halogens is 1. The fourth-order valence-corrected chi connectivity index (χ4v) is 5.33. The third-order valence-corrected chi connectivity index (χ3v) is 6.77. The van der Waals surface area contributed by atoms with Crippen molar-refractivity contribution in [1.29, 1.82) is 0 Å². The number of hydrogen-bond donors (Lipinski definition) is 0. The van der Waals surface area contributed by atoms with E-state index in [1.807, 2.05) is 49.4 Å². The molecule has 0 N–H and O–H groups in total. The Balaban J connectivity index is 1.50. The summed E-state index contributed by atoms with van der Waals surface area (Å²) in [5.41, 5.74) is 3.21. The van der Waals surface area contributed by atoms with E-state index in [1.54, 1.807) is 24.3 Å². The topological polar surface area (TPSA) is 70.6 Å². The molecular formula is C25H18ClN3O3S. The Hall–Kier alpha value is -3.55. The van der Waals surface area contributed by atoms with Crippen molar-refractivity contribution in [2.24, 2.45) is 0 Å². The molecule has 0 radical (unpaired) electrons. The van der Waals surface area contributed by atoms with Gasteiger partial charge in [0.15, 0.2) is 5.13 Å². The maximum atomic E-state index is 13.5. The van der Waals surface area contributed by atoms with Gasteiger partial charge in [-0.15, -0.1) is 0 Å². The quantitative estimate of drug-likeness (QED) is 0.377. The molecule has 3 aromatic carbocycles. The highest BCUT2D eigenvalue weighted by molar-refractivity contribution is 7.22. The van der Waals surface area contributed by atoms with Gasteiger partial charge in [0.25, 0.3) is 11.8 Å². The molecule has 2 heterocycles. The normalized spacial score (nSPS) is 13.0. The second-order valence-electron chi connectivity index (χ2n) is 7.77. The van der Waals surface area contributed by atoms with E-state index in [9.17, 15) is 14.4 Å². The van der Waals surface area contributed by atoms with Gasteiger partial charge in [0, 0.05) is 5.02 Å². The van der Waals surface area contributed by atoms with Gasteiger partial charge in [-0.25, -0.2) is 4.98 Å². The Morgan fingerprint density at radius 3 is 2.30 bits per heavy atom. The van der Waals surface area contributed by atoms with Crippen LogP contribution in [0, 0.1) is 6.92 Å². The zero-order valence-electron chi connectivity index (χ0n) is 17.6. The molecule has 3 amide bonds. The molecule has 1 aromatic heterocycles. The standard InChI is InChI=1S/C25H18ClN3O3S/c1-15-11-17(26)12-20-22(15)27-25(33-20)28(13-16-7-3-2-4-8-16)21(30)14-29-23(31)18-9-5-6-10-19(18)24(29)32/h2-12H,13-14H2,1H3. The predicted molar refractivity (Wildman–Crippen MR) is 129 cm³/mol. The summed E-state index contributed by atoms with van der Waals surface area (Å²) in [6, 6.07) is 19.8. The minimum absolute atomic E-state index is 0.259. The van der Waals surface area contributed by atoms with Crippen molar-refractivity contribution < 1.29 is 14.4 Å². The number of carbonyl (C=O) groups is 3. The first-order chi connectivity index (χ1) is 15.9. The number of benzene rings is 3. The minimum Gasteiger partial charge on any atom is -0.282 e. The Bertz CT molecular complexity index is 1380. The molecular weight excluding hydrogens is 458 g/mol. The molecule has 6 nitrogen and oxygen atoms in total. The van der Waals surface area contributed by atoms with Crippen LogP contribution in [0.4, 0.5) is 5.13 Å². The first-order valence-electron chi connectivity index (χ1n) is 10.3. The molecule has 33 heavy (non-hydrogen) atoms. The van der Waals surface area contributed by atoms with Gasteiger partial charge in [0.1, 0.15) is 6.54 Å². The average Bonchev–Trinajstić information content (AvgIpc) is 3.33. The van der Waals surface area contributed by atoms with E-state index < -0.39 is 17.7 Å². The number of fused-ring (bicyclic) bond motifs is 2.